The van der Waals surface area contributed by atoms with Gasteiger partial charge in [0.25, 0.3) is 5.91 Å². The number of carbonyl (C=O) groups excluding carboxylic acids is 1. The van der Waals surface area contributed by atoms with Crippen molar-refractivity contribution in [3.05, 3.63) is 23.8 Å². The zero-order valence-corrected chi connectivity index (χ0v) is 23.4. The third-order valence-electron chi connectivity index (χ3n) is 5.35. The van der Waals surface area contributed by atoms with Gasteiger partial charge in [-0.25, -0.2) is 0 Å². The Morgan fingerprint density at radius 1 is 0.853 bits per heavy atom. The largest absolute Gasteiger partial charge is 0.384 e. The van der Waals surface area contributed by atoms with Gasteiger partial charge in [-0.1, -0.05) is 39.5 Å². The summed E-state index contributed by atoms with van der Waals surface area (Å²) >= 11 is 3.60. The van der Waals surface area contributed by atoms with Crippen molar-refractivity contribution in [1.29, 1.82) is 0 Å². The number of hydrogen-bond donors (Lipinski definition) is 2. The van der Waals surface area contributed by atoms with Crippen LogP contribution in [0.2, 0.25) is 0 Å². The maximum absolute atomic E-state index is 12.5. The van der Waals surface area contributed by atoms with E-state index in [2.05, 4.69) is 36.8 Å². The van der Waals surface area contributed by atoms with Gasteiger partial charge in [-0.05, 0) is 68.1 Å². The molecule has 0 saturated heterocycles. The smallest absolute Gasteiger partial charge is 0.251 e. The van der Waals surface area contributed by atoms with Crippen molar-refractivity contribution in [2.24, 2.45) is 0 Å². The normalized spacial score (nSPS) is 11.0. The number of benzene rings is 1. The van der Waals surface area contributed by atoms with Crippen LogP contribution in [0.5, 0.6) is 0 Å². The van der Waals surface area contributed by atoms with Gasteiger partial charge in [0.05, 0.1) is 0 Å². The highest BCUT2D eigenvalue weighted by atomic mass is 32.2. The van der Waals surface area contributed by atoms with E-state index >= 15 is 0 Å². The van der Waals surface area contributed by atoms with Crippen LogP contribution in [-0.4, -0.2) is 63.2 Å². The SMILES string of the molecule is CCCCCCCOCCCOCCCCNc1cc(C(=O)NCCCSC)ccc1SCC. The minimum Gasteiger partial charge on any atom is -0.384 e. The van der Waals surface area contributed by atoms with E-state index in [-0.39, 0.29) is 5.91 Å². The fourth-order valence-electron chi connectivity index (χ4n) is 3.44. The first-order valence-electron chi connectivity index (χ1n) is 13.2. The molecule has 0 fully saturated rings. The quantitative estimate of drug-likeness (QED) is 0.123. The van der Waals surface area contributed by atoms with E-state index in [1.165, 1.54) is 37.0 Å². The van der Waals surface area contributed by atoms with Gasteiger partial charge < -0.3 is 20.1 Å². The summed E-state index contributed by atoms with van der Waals surface area (Å²) in [6.45, 7) is 9.23. The first kappa shape index (κ1) is 31.1. The number of anilines is 1. The Labute approximate surface area is 217 Å². The highest BCUT2D eigenvalue weighted by molar-refractivity contribution is 7.99. The van der Waals surface area contributed by atoms with E-state index in [0.717, 1.165) is 88.0 Å². The van der Waals surface area contributed by atoms with Crippen LogP contribution in [0.15, 0.2) is 23.1 Å². The predicted octanol–water partition coefficient (Wildman–Crippen LogP) is 6.87. The number of carbonyl (C=O) groups is 1. The molecule has 0 saturated carbocycles. The minimum atomic E-state index is 0.00562. The Hall–Kier alpha value is -0.890. The van der Waals surface area contributed by atoms with E-state index < -0.39 is 0 Å². The van der Waals surface area contributed by atoms with Crippen LogP contribution in [0.1, 0.15) is 82.0 Å². The molecule has 5 nitrogen and oxygen atoms in total. The van der Waals surface area contributed by atoms with Crippen molar-refractivity contribution < 1.29 is 14.3 Å². The van der Waals surface area contributed by atoms with Gasteiger partial charge in [-0.15, -0.1) is 11.8 Å². The lowest BCUT2D eigenvalue weighted by Gasteiger charge is -2.13. The predicted molar refractivity (Wildman–Crippen MR) is 151 cm³/mol. The zero-order chi connectivity index (χ0) is 24.7. The van der Waals surface area contributed by atoms with Crippen molar-refractivity contribution in [1.82, 2.24) is 5.32 Å². The van der Waals surface area contributed by atoms with Crippen molar-refractivity contribution >= 4 is 35.1 Å². The third kappa shape index (κ3) is 15.9. The van der Waals surface area contributed by atoms with E-state index in [4.69, 9.17) is 9.47 Å². The van der Waals surface area contributed by atoms with Gasteiger partial charge >= 0.3 is 0 Å². The first-order chi connectivity index (χ1) is 16.7. The van der Waals surface area contributed by atoms with Crippen LogP contribution >= 0.6 is 23.5 Å². The van der Waals surface area contributed by atoms with Gasteiger partial charge in [0.15, 0.2) is 0 Å². The van der Waals surface area contributed by atoms with E-state index in [1.54, 1.807) is 23.5 Å². The fraction of sp³-hybridized carbons (Fsp3) is 0.741. The second kappa shape index (κ2) is 22.6. The van der Waals surface area contributed by atoms with Gasteiger partial charge in [-0.3, -0.25) is 4.79 Å². The summed E-state index contributed by atoms with van der Waals surface area (Å²) < 4.78 is 11.4. The van der Waals surface area contributed by atoms with Crippen LogP contribution in [0.4, 0.5) is 5.69 Å². The highest BCUT2D eigenvalue weighted by Gasteiger charge is 2.09. The number of thioether (sulfide) groups is 2. The van der Waals surface area contributed by atoms with Crippen molar-refractivity contribution in [3.8, 4) is 0 Å². The molecule has 0 heterocycles. The Bertz CT molecular complexity index is 632. The average molecular weight is 513 g/mol. The molecule has 0 unspecified atom stereocenters. The topological polar surface area (TPSA) is 59.6 Å². The second-order valence-corrected chi connectivity index (χ2v) is 10.7. The molecular formula is C27H48N2O3S2. The van der Waals surface area contributed by atoms with Crippen molar-refractivity contribution in [2.45, 2.75) is 76.5 Å². The maximum atomic E-state index is 12.5. The summed E-state index contributed by atoms with van der Waals surface area (Å²) in [7, 11) is 0. The lowest BCUT2D eigenvalue weighted by atomic mass is 10.1. The van der Waals surface area contributed by atoms with E-state index in [1.807, 2.05) is 12.1 Å². The maximum Gasteiger partial charge on any atom is 0.251 e. The molecule has 1 aromatic carbocycles. The molecule has 1 aromatic rings. The average Bonchev–Trinajstić information content (AvgIpc) is 2.85. The number of ether oxygens (including phenoxy) is 2. The summed E-state index contributed by atoms with van der Waals surface area (Å²) in [5, 5.41) is 6.56. The van der Waals surface area contributed by atoms with Crippen molar-refractivity contribution in [2.75, 3.05) is 62.6 Å². The summed E-state index contributed by atoms with van der Waals surface area (Å²) in [6, 6.07) is 5.98. The Morgan fingerprint density at radius 3 is 2.26 bits per heavy atom. The highest BCUT2D eigenvalue weighted by Crippen LogP contribution is 2.28. The molecule has 1 amide bonds. The summed E-state index contributed by atoms with van der Waals surface area (Å²) in [6.07, 6.45) is 12.5. The number of rotatable bonds is 23. The van der Waals surface area contributed by atoms with Crippen molar-refractivity contribution in [3.63, 3.8) is 0 Å². The molecule has 196 valence electrons. The van der Waals surface area contributed by atoms with Crippen LogP contribution in [-0.2, 0) is 9.47 Å². The Kier molecular flexibility index (Phi) is 20.7. The number of amides is 1. The standard InChI is InChI=1S/C27H48N2O3S2/c1-4-6-7-8-10-18-31-20-13-21-32-19-11-9-16-28-25-23-24(14-15-26(25)34-5-2)27(30)29-17-12-22-33-3/h14-15,23,28H,4-13,16-22H2,1-3H3,(H,29,30). The lowest BCUT2D eigenvalue weighted by Crippen LogP contribution is -2.25. The van der Waals surface area contributed by atoms with E-state index in [0.29, 0.717) is 0 Å². The van der Waals surface area contributed by atoms with E-state index in [9.17, 15) is 4.79 Å². The lowest BCUT2D eigenvalue weighted by molar-refractivity contribution is 0.0799. The molecule has 34 heavy (non-hydrogen) atoms. The molecule has 2 N–H and O–H groups in total. The van der Waals surface area contributed by atoms with Gasteiger partial charge in [-0.2, -0.15) is 11.8 Å². The molecule has 1 rings (SSSR count). The molecule has 0 spiro atoms. The molecule has 0 aliphatic rings. The van der Waals surface area contributed by atoms with Crippen LogP contribution < -0.4 is 10.6 Å². The molecule has 0 radical (unpaired) electrons. The van der Waals surface area contributed by atoms with Crippen LogP contribution in [0, 0.1) is 0 Å². The minimum absolute atomic E-state index is 0.00562. The summed E-state index contributed by atoms with van der Waals surface area (Å²) in [5.74, 6) is 2.08. The molecular weight excluding hydrogens is 464 g/mol. The van der Waals surface area contributed by atoms with Gasteiger partial charge in [0.2, 0.25) is 0 Å². The van der Waals surface area contributed by atoms with Gasteiger partial charge in [0.1, 0.15) is 0 Å². The molecule has 7 heteroatoms. The fourth-order valence-corrected chi connectivity index (χ4v) is 4.63. The van der Waals surface area contributed by atoms with Crippen LogP contribution in [0.25, 0.3) is 0 Å². The number of nitrogens with one attached hydrogen (secondary N) is 2. The molecule has 0 atom stereocenters. The monoisotopic (exact) mass is 512 g/mol. The number of unbranched alkanes of at least 4 members (excludes halogenated alkanes) is 5. The molecule has 0 aliphatic heterocycles. The third-order valence-corrected chi connectivity index (χ3v) is 7.01. The zero-order valence-electron chi connectivity index (χ0n) is 21.8. The Balaban J connectivity index is 2.17. The number of hydrogen-bond acceptors (Lipinski definition) is 6. The molecule has 0 aromatic heterocycles. The first-order valence-corrected chi connectivity index (χ1v) is 15.5. The second-order valence-electron chi connectivity index (χ2n) is 8.37. The van der Waals surface area contributed by atoms with Crippen LogP contribution in [0.3, 0.4) is 0 Å². The summed E-state index contributed by atoms with van der Waals surface area (Å²) in [4.78, 5) is 13.7. The Morgan fingerprint density at radius 2 is 1.56 bits per heavy atom. The summed E-state index contributed by atoms with van der Waals surface area (Å²) in [5.41, 5.74) is 1.77. The molecule has 0 aliphatic carbocycles. The molecule has 0 bridgehead atoms. The van der Waals surface area contributed by atoms with Gasteiger partial charge in [0, 0.05) is 55.7 Å².